The Kier molecular flexibility index (Phi) is 8.77. The molecule has 0 radical (unpaired) electrons. The molecule has 1 rings (SSSR count). The lowest BCUT2D eigenvalue weighted by molar-refractivity contribution is 0.0293. The van der Waals surface area contributed by atoms with Crippen molar-refractivity contribution in [2.75, 3.05) is 32.8 Å². The maximum atomic E-state index is 5.61. The van der Waals surface area contributed by atoms with Crippen molar-refractivity contribution in [3.05, 3.63) is 0 Å². The molecule has 96 valence electrons. The molecule has 0 aromatic heterocycles. The maximum Gasteiger partial charge on any atom is 0.0824 e. The first-order valence-electron chi connectivity index (χ1n) is 6.96. The topological polar surface area (TPSA) is 33.3 Å². The van der Waals surface area contributed by atoms with Crippen molar-refractivity contribution >= 4 is 0 Å². The highest BCUT2D eigenvalue weighted by atomic mass is 16.5. The van der Waals surface area contributed by atoms with Gasteiger partial charge in [0, 0.05) is 19.6 Å². The zero-order valence-electron chi connectivity index (χ0n) is 10.8. The van der Waals surface area contributed by atoms with Gasteiger partial charge in [-0.25, -0.2) is 0 Å². The van der Waals surface area contributed by atoms with E-state index in [0.717, 1.165) is 32.8 Å². The number of rotatable bonds is 9. The molecule has 0 aliphatic carbocycles. The van der Waals surface area contributed by atoms with Crippen LogP contribution in [0.2, 0.25) is 0 Å². The molecule has 1 aliphatic rings. The van der Waals surface area contributed by atoms with E-state index in [-0.39, 0.29) is 0 Å². The van der Waals surface area contributed by atoms with Crippen LogP contribution < -0.4 is 10.6 Å². The second-order valence-electron chi connectivity index (χ2n) is 4.67. The Hall–Kier alpha value is -0.120. The van der Waals surface area contributed by atoms with Gasteiger partial charge < -0.3 is 15.4 Å². The molecule has 0 aromatic carbocycles. The molecule has 1 saturated heterocycles. The summed E-state index contributed by atoms with van der Waals surface area (Å²) < 4.78 is 5.61. The SMILES string of the molecule is CCCCCCCCNCC1CNCCO1. The molecule has 16 heavy (non-hydrogen) atoms. The average molecular weight is 228 g/mol. The first-order valence-corrected chi connectivity index (χ1v) is 6.96. The zero-order valence-corrected chi connectivity index (χ0v) is 10.8. The largest absolute Gasteiger partial charge is 0.374 e. The Morgan fingerprint density at radius 1 is 1.19 bits per heavy atom. The van der Waals surface area contributed by atoms with E-state index >= 15 is 0 Å². The monoisotopic (exact) mass is 228 g/mol. The van der Waals surface area contributed by atoms with Crippen LogP contribution in [0.1, 0.15) is 45.4 Å². The van der Waals surface area contributed by atoms with Gasteiger partial charge in [-0.2, -0.15) is 0 Å². The van der Waals surface area contributed by atoms with Gasteiger partial charge in [-0.1, -0.05) is 39.0 Å². The fourth-order valence-corrected chi connectivity index (χ4v) is 2.04. The van der Waals surface area contributed by atoms with Crippen LogP contribution in [0, 0.1) is 0 Å². The van der Waals surface area contributed by atoms with E-state index in [9.17, 15) is 0 Å². The van der Waals surface area contributed by atoms with Crippen molar-refractivity contribution < 1.29 is 4.74 Å². The number of unbranched alkanes of at least 4 members (excludes halogenated alkanes) is 5. The smallest absolute Gasteiger partial charge is 0.0824 e. The quantitative estimate of drug-likeness (QED) is 0.592. The highest BCUT2D eigenvalue weighted by Crippen LogP contribution is 2.04. The van der Waals surface area contributed by atoms with E-state index < -0.39 is 0 Å². The summed E-state index contributed by atoms with van der Waals surface area (Å²) in [5, 5.41) is 6.83. The first-order chi connectivity index (χ1) is 7.93. The van der Waals surface area contributed by atoms with Gasteiger partial charge in [-0.3, -0.25) is 0 Å². The third-order valence-corrected chi connectivity index (χ3v) is 3.08. The lowest BCUT2D eigenvalue weighted by Gasteiger charge is -2.23. The zero-order chi connectivity index (χ0) is 11.5. The van der Waals surface area contributed by atoms with E-state index in [1.54, 1.807) is 0 Å². The van der Waals surface area contributed by atoms with Crippen LogP contribution >= 0.6 is 0 Å². The molecule has 1 unspecified atom stereocenters. The Bertz CT molecular complexity index is 147. The molecule has 3 heteroatoms. The predicted molar refractivity (Wildman–Crippen MR) is 68.9 cm³/mol. The van der Waals surface area contributed by atoms with Gasteiger partial charge >= 0.3 is 0 Å². The molecule has 1 fully saturated rings. The van der Waals surface area contributed by atoms with Gasteiger partial charge in [0.25, 0.3) is 0 Å². The summed E-state index contributed by atoms with van der Waals surface area (Å²) in [5.41, 5.74) is 0. The van der Waals surface area contributed by atoms with Crippen molar-refractivity contribution in [3.8, 4) is 0 Å². The number of ether oxygens (including phenoxy) is 1. The van der Waals surface area contributed by atoms with Gasteiger partial charge in [-0.05, 0) is 13.0 Å². The van der Waals surface area contributed by atoms with Crippen molar-refractivity contribution in [1.82, 2.24) is 10.6 Å². The lowest BCUT2D eigenvalue weighted by Crippen LogP contribution is -2.44. The van der Waals surface area contributed by atoms with Crippen LogP contribution in [0.3, 0.4) is 0 Å². The highest BCUT2D eigenvalue weighted by molar-refractivity contribution is 4.69. The number of nitrogens with one attached hydrogen (secondary N) is 2. The summed E-state index contributed by atoms with van der Waals surface area (Å²) in [7, 11) is 0. The van der Waals surface area contributed by atoms with Crippen molar-refractivity contribution in [2.24, 2.45) is 0 Å². The normalized spacial score (nSPS) is 21.2. The van der Waals surface area contributed by atoms with Gasteiger partial charge in [0.15, 0.2) is 0 Å². The summed E-state index contributed by atoms with van der Waals surface area (Å²) in [6, 6.07) is 0. The van der Waals surface area contributed by atoms with E-state index in [1.165, 1.54) is 38.5 Å². The van der Waals surface area contributed by atoms with Crippen LogP contribution in [0.4, 0.5) is 0 Å². The summed E-state index contributed by atoms with van der Waals surface area (Å²) in [4.78, 5) is 0. The van der Waals surface area contributed by atoms with Crippen LogP contribution in [0.5, 0.6) is 0 Å². The Morgan fingerprint density at radius 3 is 2.75 bits per heavy atom. The number of hydrogen-bond donors (Lipinski definition) is 2. The predicted octanol–water partition coefficient (Wildman–Crippen LogP) is 1.92. The van der Waals surface area contributed by atoms with Gasteiger partial charge in [-0.15, -0.1) is 0 Å². The number of hydrogen-bond acceptors (Lipinski definition) is 3. The maximum absolute atomic E-state index is 5.61. The summed E-state index contributed by atoms with van der Waals surface area (Å²) in [5.74, 6) is 0. The average Bonchev–Trinajstić information content (AvgIpc) is 2.34. The lowest BCUT2D eigenvalue weighted by atomic mass is 10.1. The summed E-state index contributed by atoms with van der Waals surface area (Å²) in [6.07, 6.45) is 8.61. The van der Waals surface area contributed by atoms with Crippen LogP contribution in [-0.4, -0.2) is 38.9 Å². The Balaban J connectivity index is 1.77. The Labute approximate surface area is 100 Å². The molecule has 3 nitrogen and oxygen atoms in total. The molecule has 0 spiro atoms. The van der Waals surface area contributed by atoms with E-state index in [1.807, 2.05) is 0 Å². The van der Waals surface area contributed by atoms with Crippen molar-refractivity contribution in [1.29, 1.82) is 0 Å². The molecule has 1 heterocycles. The fraction of sp³-hybridized carbons (Fsp3) is 1.00. The Morgan fingerprint density at radius 2 is 2.00 bits per heavy atom. The van der Waals surface area contributed by atoms with Gasteiger partial charge in [0.1, 0.15) is 0 Å². The standard InChI is InChI=1S/C13H28N2O/c1-2-3-4-5-6-7-8-14-11-13-12-15-9-10-16-13/h13-15H,2-12H2,1H3. The van der Waals surface area contributed by atoms with E-state index in [0.29, 0.717) is 6.10 Å². The molecule has 1 atom stereocenters. The van der Waals surface area contributed by atoms with E-state index in [2.05, 4.69) is 17.6 Å². The van der Waals surface area contributed by atoms with Crippen molar-refractivity contribution in [3.63, 3.8) is 0 Å². The third-order valence-electron chi connectivity index (χ3n) is 3.08. The third kappa shape index (κ3) is 7.20. The van der Waals surface area contributed by atoms with Gasteiger partial charge in [0.2, 0.25) is 0 Å². The molecular formula is C13H28N2O. The van der Waals surface area contributed by atoms with Crippen molar-refractivity contribution in [2.45, 2.75) is 51.6 Å². The van der Waals surface area contributed by atoms with Crippen LogP contribution in [0.25, 0.3) is 0 Å². The minimum atomic E-state index is 0.383. The summed E-state index contributed by atoms with van der Waals surface area (Å²) >= 11 is 0. The summed E-state index contributed by atoms with van der Waals surface area (Å²) in [6.45, 7) is 7.29. The molecule has 0 amide bonds. The van der Waals surface area contributed by atoms with E-state index in [4.69, 9.17) is 4.74 Å². The molecule has 0 bridgehead atoms. The second kappa shape index (κ2) is 10.1. The fourth-order valence-electron chi connectivity index (χ4n) is 2.04. The van der Waals surface area contributed by atoms with Crippen LogP contribution in [-0.2, 0) is 4.74 Å². The van der Waals surface area contributed by atoms with Crippen LogP contribution in [0.15, 0.2) is 0 Å². The van der Waals surface area contributed by atoms with Gasteiger partial charge in [0.05, 0.1) is 12.7 Å². The molecule has 0 saturated carbocycles. The molecule has 2 N–H and O–H groups in total. The molecular weight excluding hydrogens is 200 g/mol. The minimum absolute atomic E-state index is 0.383. The first kappa shape index (κ1) is 13.9. The highest BCUT2D eigenvalue weighted by Gasteiger charge is 2.11. The minimum Gasteiger partial charge on any atom is -0.374 e. The molecule has 1 aliphatic heterocycles. The second-order valence-corrected chi connectivity index (χ2v) is 4.67. The number of morpholine rings is 1. The molecule has 0 aromatic rings.